The van der Waals surface area contributed by atoms with E-state index in [1.54, 1.807) is 0 Å². The van der Waals surface area contributed by atoms with Crippen molar-refractivity contribution in [1.29, 1.82) is 0 Å². The van der Waals surface area contributed by atoms with E-state index in [2.05, 4.69) is 90.1 Å². The lowest BCUT2D eigenvalue weighted by molar-refractivity contribution is -0.166. The molecule has 0 amide bonds. The van der Waals surface area contributed by atoms with Gasteiger partial charge in [0.25, 0.3) is 0 Å². The highest BCUT2D eigenvalue weighted by molar-refractivity contribution is 5.71. The zero-order valence-corrected chi connectivity index (χ0v) is 39.4. The molecule has 66 heavy (non-hydrogen) atoms. The standard InChI is InChI=1S/C57H72O9/c1-4-7-10-13-16-19-28-37-49-52(64-49)40-31-22-25-34-43-55(58)61-46-48(63-57(60)45-36-27-24-33-42-54-51(66-54)39-30-21-18-15-12-9-6-3)47-62-56(59)44-35-26-23-32-41-53-50(65-53)38-29-20-17-14-11-8-5-2/h1,5-6,48-54H,2-3,7-21,28-30,34-39,43-47H2. The second-order valence-electron chi connectivity index (χ2n) is 16.8. The van der Waals surface area contributed by atoms with E-state index >= 15 is 0 Å². The predicted octanol–water partition coefficient (Wildman–Crippen LogP) is 9.85. The average Bonchev–Trinajstić information content (AvgIpc) is 4.26. The summed E-state index contributed by atoms with van der Waals surface area (Å²) in [6.45, 7) is 6.95. The average molecular weight is 901 g/mol. The molecule has 9 nitrogen and oxygen atoms in total. The zero-order chi connectivity index (χ0) is 47.1. The van der Waals surface area contributed by atoms with Gasteiger partial charge in [-0.25, -0.2) is 0 Å². The summed E-state index contributed by atoms with van der Waals surface area (Å²) < 4.78 is 33.2. The smallest absolute Gasteiger partial charge is 0.307 e. The van der Waals surface area contributed by atoms with Crippen molar-refractivity contribution < 1.29 is 42.8 Å². The molecule has 0 aromatic heterocycles. The van der Waals surface area contributed by atoms with Crippen LogP contribution in [0.1, 0.15) is 173 Å². The molecule has 3 aliphatic heterocycles. The molecule has 3 fully saturated rings. The van der Waals surface area contributed by atoms with Crippen LogP contribution >= 0.6 is 0 Å². The van der Waals surface area contributed by atoms with Gasteiger partial charge in [-0.3, -0.25) is 14.4 Å². The number of ether oxygens (including phenoxy) is 6. The molecule has 0 radical (unpaired) electrons. The zero-order valence-electron chi connectivity index (χ0n) is 39.4. The maximum atomic E-state index is 12.7. The van der Waals surface area contributed by atoms with Crippen LogP contribution in [0.15, 0.2) is 25.3 Å². The van der Waals surface area contributed by atoms with Crippen molar-refractivity contribution in [2.24, 2.45) is 0 Å². The first kappa shape index (κ1) is 55.0. The quantitative estimate of drug-likeness (QED) is 0.0155. The third-order valence-corrected chi connectivity index (χ3v) is 11.0. The fraction of sp³-hybridized carbons (Fsp3) is 0.632. The summed E-state index contributed by atoms with van der Waals surface area (Å²) in [5.74, 6) is 35.5. The fourth-order valence-electron chi connectivity index (χ4n) is 6.91. The van der Waals surface area contributed by atoms with Crippen LogP contribution in [0, 0.1) is 83.4 Å². The van der Waals surface area contributed by atoms with Crippen LogP contribution in [0.5, 0.6) is 0 Å². The molecular formula is C57H72O9. The monoisotopic (exact) mass is 901 g/mol. The molecule has 7 unspecified atom stereocenters. The molecule has 3 heterocycles. The van der Waals surface area contributed by atoms with Crippen LogP contribution in [0.4, 0.5) is 0 Å². The Bertz CT molecular complexity index is 1920. The van der Waals surface area contributed by atoms with Gasteiger partial charge in [-0.1, -0.05) is 125 Å². The lowest BCUT2D eigenvalue weighted by Crippen LogP contribution is -2.30. The third-order valence-electron chi connectivity index (χ3n) is 11.0. The van der Waals surface area contributed by atoms with E-state index in [-0.39, 0.29) is 88.4 Å². The first-order valence-corrected chi connectivity index (χ1v) is 24.5. The van der Waals surface area contributed by atoms with Gasteiger partial charge in [0.1, 0.15) is 31.5 Å². The molecular weight excluding hydrogens is 829 g/mol. The summed E-state index contributed by atoms with van der Waals surface area (Å²) in [4.78, 5) is 37.8. The van der Waals surface area contributed by atoms with Crippen LogP contribution in [0.25, 0.3) is 0 Å². The predicted molar refractivity (Wildman–Crippen MR) is 258 cm³/mol. The Hall–Kier alpha value is -5.31. The van der Waals surface area contributed by atoms with Crippen molar-refractivity contribution in [3.05, 3.63) is 25.3 Å². The van der Waals surface area contributed by atoms with Gasteiger partial charge >= 0.3 is 17.9 Å². The van der Waals surface area contributed by atoms with Crippen molar-refractivity contribution >= 4 is 17.9 Å². The number of esters is 3. The van der Waals surface area contributed by atoms with Gasteiger partial charge in [-0.2, -0.15) is 0 Å². The summed E-state index contributed by atoms with van der Waals surface area (Å²) in [7, 11) is 0. The minimum atomic E-state index is -1.01. The second kappa shape index (κ2) is 36.9. The number of epoxide rings is 3. The van der Waals surface area contributed by atoms with Crippen LogP contribution in [0.3, 0.4) is 0 Å². The van der Waals surface area contributed by atoms with Gasteiger partial charge in [0.2, 0.25) is 0 Å². The van der Waals surface area contributed by atoms with E-state index in [0.717, 1.165) is 77.0 Å². The van der Waals surface area contributed by atoms with Gasteiger partial charge in [0, 0.05) is 25.7 Å². The highest BCUT2D eigenvalue weighted by Crippen LogP contribution is 2.28. The summed E-state index contributed by atoms with van der Waals surface area (Å²) in [5.41, 5.74) is 0. The number of carbonyl (C=O) groups excluding carboxylic acids is 3. The van der Waals surface area contributed by atoms with E-state index in [0.29, 0.717) is 0 Å². The summed E-state index contributed by atoms with van der Waals surface area (Å²) in [5, 5.41) is 0. The van der Waals surface area contributed by atoms with E-state index in [9.17, 15) is 14.4 Å². The molecule has 0 spiro atoms. The van der Waals surface area contributed by atoms with Crippen LogP contribution in [-0.4, -0.2) is 73.8 Å². The lowest BCUT2D eigenvalue weighted by Gasteiger charge is -2.17. The first-order chi connectivity index (χ1) is 32.4. The topological polar surface area (TPSA) is 116 Å². The van der Waals surface area contributed by atoms with Gasteiger partial charge in [-0.15, -0.1) is 25.5 Å². The number of hydrogen-bond donors (Lipinski definition) is 0. The number of unbranched alkanes of at least 4 members (excludes halogenated alkanes) is 15. The Kier molecular flexibility index (Phi) is 30.7. The van der Waals surface area contributed by atoms with Crippen molar-refractivity contribution in [1.82, 2.24) is 0 Å². The van der Waals surface area contributed by atoms with E-state index < -0.39 is 24.0 Å². The Labute approximate surface area is 397 Å². The van der Waals surface area contributed by atoms with Crippen molar-refractivity contribution in [2.75, 3.05) is 13.2 Å². The molecule has 3 aliphatic rings. The summed E-state index contributed by atoms with van der Waals surface area (Å²) in [6.07, 6.45) is 32.9. The molecule has 9 heteroatoms. The number of hydrogen-bond acceptors (Lipinski definition) is 9. The summed E-state index contributed by atoms with van der Waals surface area (Å²) >= 11 is 0. The Balaban J connectivity index is 1.35. The Morgan fingerprint density at radius 3 is 1.24 bits per heavy atom. The second-order valence-corrected chi connectivity index (χ2v) is 16.8. The van der Waals surface area contributed by atoms with Crippen LogP contribution in [-0.2, 0) is 42.8 Å². The minimum Gasteiger partial charge on any atom is -0.462 e. The SMILES string of the molecule is C#CCCCCCCCC1OC1C#CC#CCCC(=O)OCC(COC(=O)CCC#CC#CC1OC1CCCCCCCC=C)OC(=O)CCC#CC#CC1OC1CCCCCCCC=C. The lowest BCUT2D eigenvalue weighted by atomic mass is 10.1. The van der Waals surface area contributed by atoms with Gasteiger partial charge in [0.15, 0.2) is 6.10 Å². The summed E-state index contributed by atoms with van der Waals surface area (Å²) in [6, 6.07) is 0. The molecule has 0 saturated carbocycles. The van der Waals surface area contributed by atoms with Crippen LogP contribution in [0.2, 0.25) is 0 Å². The maximum Gasteiger partial charge on any atom is 0.307 e. The Morgan fingerprint density at radius 1 is 0.485 bits per heavy atom. The number of terminal acetylenes is 1. The number of allylic oxidation sites excluding steroid dienone is 2. The highest BCUT2D eigenvalue weighted by atomic mass is 16.6. The molecule has 0 aromatic carbocycles. The van der Waals surface area contributed by atoms with Gasteiger partial charge in [0.05, 0.1) is 37.6 Å². The largest absolute Gasteiger partial charge is 0.462 e. The molecule has 3 saturated heterocycles. The Morgan fingerprint density at radius 2 is 0.848 bits per heavy atom. The van der Waals surface area contributed by atoms with Gasteiger partial charge in [-0.05, 0) is 86.9 Å². The highest BCUT2D eigenvalue weighted by Gasteiger charge is 2.37. The molecule has 0 N–H and O–H groups in total. The normalized spacial score (nSPS) is 19.4. The number of rotatable bonds is 34. The van der Waals surface area contributed by atoms with Gasteiger partial charge < -0.3 is 28.4 Å². The van der Waals surface area contributed by atoms with Crippen LogP contribution < -0.4 is 0 Å². The molecule has 354 valence electrons. The molecule has 0 bridgehead atoms. The first-order valence-electron chi connectivity index (χ1n) is 24.5. The van der Waals surface area contributed by atoms with Crippen molar-refractivity contribution in [2.45, 2.75) is 216 Å². The van der Waals surface area contributed by atoms with E-state index in [4.69, 9.17) is 34.8 Å². The number of carbonyl (C=O) groups is 3. The van der Waals surface area contributed by atoms with E-state index in [1.807, 2.05) is 12.2 Å². The van der Waals surface area contributed by atoms with E-state index in [1.165, 1.54) is 57.8 Å². The molecule has 0 aromatic rings. The fourth-order valence-corrected chi connectivity index (χ4v) is 6.91. The third kappa shape index (κ3) is 30.0. The van der Waals surface area contributed by atoms with Crippen molar-refractivity contribution in [3.8, 4) is 83.4 Å². The van der Waals surface area contributed by atoms with Crippen molar-refractivity contribution in [3.63, 3.8) is 0 Å². The molecule has 7 atom stereocenters. The minimum absolute atomic E-state index is 0.0148. The molecule has 3 rings (SSSR count). The molecule has 0 aliphatic carbocycles. The maximum absolute atomic E-state index is 12.7.